The summed E-state index contributed by atoms with van der Waals surface area (Å²) in [5.74, 6) is -0.199. The van der Waals surface area contributed by atoms with Crippen molar-refractivity contribution in [3.05, 3.63) is 53.1 Å². The monoisotopic (exact) mass is 459 g/mol. The van der Waals surface area contributed by atoms with Gasteiger partial charge in [-0.1, -0.05) is 0 Å². The number of amides is 1. The topological polar surface area (TPSA) is 82.4 Å². The van der Waals surface area contributed by atoms with Gasteiger partial charge in [0.05, 0.1) is 35.7 Å². The first kappa shape index (κ1) is 23.0. The van der Waals surface area contributed by atoms with Crippen LogP contribution in [0.5, 0.6) is 0 Å². The number of fused-ring (bicyclic) bond motifs is 1. The third-order valence-electron chi connectivity index (χ3n) is 6.65. The van der Waals surface area contributed by atoms with Crippen LogP contribution in [0.3, 0.4) is 0 Å². The number of likely N-dealkylation sites (tertiary alicyclic amines) is 1. The lowest BCUT2D eigenvalue weighted by Crippen LogP contribution is -2.49. The van der Waals surface area contributed by atoms with Gasteiger partial charge in [-0.2, -0.15) is 18.4 Å². The van der Waals surface area contributed by atoms with Gasteiger partial charge in [0.25, 0.3) is 5.91 Å². The van der Waals surface area contributed by atoms with Gasteiger partial charge in [0, 0.05) is 56.5 Å². The average molecular weight is 459 g/mol. The molecule has 3 heterocycles. The van der Waals surface area contributed by atoms with Crippen molar-refractivity contribution in [2.75, 3.05) is 44.8 Å². The van der Waals surface area contributed by atoms with E-state index in [9.17, 15) is 18.0 Å². The van der Waals surface area contributed by atoms with Crippen LogP contribution in [0.15, 0.2) is 30.6 Å². The number of rotatable bonds is 4. The van der Waals surface area contributed by atoms with Crippen molar-refractivity contribution in [3.8, 4) is 6.07 Å². The number of ether oxygens (including phenoxy) is 1. The maximum absolute atomic E-state index is 13.4. The van der Waals surface area contributed by atoms with Crippen LogP contribution in [0.25, 0.3) is 0 Å². The highest BCUT2D eigenvalue weighted by molar-refractivity contribution is 5.92. The van der Waals surface area contributed by atoms with Crippen LogP contribution in [0.1, 0.15) is 33.7 Å². The second-order valence-electron chi connectivity index (χ2n) is 8.76. The van der Waals surface area contributed by atoms with E-state index in [0.29, 0.717) is 50.6 Å². The number of methoxy groups -OCH3 is 1. The fraction of sp³-hybridized carbons (Fsp3) is 0.478. The van der Waals surface area contributed by atoms with Crippen molar-refractivity contribution in [1.82, 2.24) is 14.9 Å². The number of aryl methyl sites for hydroxylation is 1. The molecule has 0 bridgehead atoms. The zero-order valence-corrected chi connectivity index (χ0v) is 18.4. The van der Waals surface area contributed by atoms with Crippen molar-refractivity contribution < 1.29 is 22.7 Å². The van der Waals surface area contributed by atoms with Crippen molar-refractivity contribution in [2.45, 2.75) is 19.5 Å². The molecule has 10 heteroatoms. The van der Waals surface area contributed by atoms with Gasteiger partial charge in [0.1, 0.15) is 5.69 Å². The van der Waals surface area contributed by atoms with E-state index in [1.807, 2.05) is 4.90 Å². The molecule has 2 aromatic rings. The van der Waals surface area contributed by atoms with E-state index in [1.54, 1.807) is 37.3 Å². The Morgan fingerprint density at radius 3 is 2.73 bits per heavy atom. The number of carbonyl (C=O) groups excluding carboxylic acids is 1. The number of piperidine rings is 1. The molecule has 0 N–H and O–H groups in total. The van der Waals surface area contributed by atoms with E-state index < -0.39 is 17.3 Å². The van der Waals surface area contributed by atoms with Crippen molar-refractivity contribution in [1.29, 1.82) is 5.26 Å². The third kappa shape index (κ3) is 4.37. The fourth-order valence-electron chi connectivity index (χ4n) is 4.92. The van der Waals surface area contributed by atoms with Gasteiger partial charge in [-0.3, -0.25) is 9.78 Å². The average Bonchev–Trinajstić information content (AvgIpc) is 3.17. The molecule has 4 rings (SSSR count). The number of hydrogen-bond acceptors (Lipinski definition) is 6. The van der Waals surface area contributed by atoms with Gasteiger partial charge < -0.3 is 14.5 Å². The summed E-state index contributed by atoms with van der Waals surface area (Å²) >= 11 is 0. The highest BCUT2D eigenvalue weighted by Gasteiger charge is 2.51. The Bertz CT molecular complexity index is 1080. The summed E-state index contributed by atoms with van der Waals surface area (Å²) in [6.07, 6.45) is -0.935. The lowest BCUT2D eigenvalue weighted by molar-refractivity contribution is -0.137. The molecule has 0 spiro atoms. The van der Waals surface area contributed by atoms with E-state index in [4.69, 9.17) is 10.00 Å². The first-order valence-electron chi connectivity index (χ1n) is 10.6. The molecule has 0 unspecified atom stereocenters. The van der Waals surface area contributed by atoms with Gasteiger partial charge in [-0.05, 0) is 31.5 Å². The number of anilines is 1. The molecular weight excluding hydrogens is 435 g/mol. The standard InChI is InChI=1S/C23H24F3N5O2/c1-15-9-29-20(10-28-15)21(32)31-12-17-11-30(6-5-22(17,13-31)14-33-2)18-4-3-16(8-27)19(7-18)23(24,25)26/h3-4,7,9-10,17H,5-6,11-14H2,1-2H3/t17-,22+/m1/s1. The number of aromatic nitrogens is 2. The van der Waals surface area contributed by atoms with Crippen LogP contribution in [0.4, 0.5) is 18.9 Å². The Morgan fingerprint density at radius 2 is 2.09 bits per heavy atom. The predicted molar refractivity (Wildman–Crippen MR) is 113 cm³/mol. The Hall–Kier alpha value is -3.19. The molecule has 7 nitrogen and oxygen atoms in total. The minimum Gasteiger partial charge on any atom is -0.384 e. The molecule has 0 radical (unpaired) electrons. The van der Waals surface area contributed by atoms with E-state index in [2.05, 4.69) is 9.97 Å². The Balaban J connectivity index is 1.58. The highest BCUT2D eigenvalue weighted by atomic mass is 19.4. The largest absolute Gasteiger partial charge is 0.417 e. The smallest absolute Gasteiger partial charge is 0.384 e. The Morgan fingerprint density at radius 1 is 1.30 bits per heavy atom. The second-order valence-corrected chi connectivity index (χ2v) is 8.76. The van der Waals surface area contributed by atoms with Crippen LogP contribution >= 0.6 is 0 Å². The fourth-order valence-corrected chi connectivity index (χ4v) is 4.92. The maximum Gasteiger partial charge on any atom is 0.417 e. The number of nitrogens with zero attached hydrogens (tertiary/aromatic N) is 5. The molecule has 0 saturated carbocycles. The zero-order valence-electron chi connectivity index (χ0n) is 18.4. The van der Waals surface area contributed by atoms with E-state index >= 15 is 0 Å². The predicted octanol–water partition coefficient (Wildman–Crippen LogP) is 3.29. The van der Waals surface area contributed by atoms with Crippen LogP contribution in [-0.4, -0.2) is 60.7 Å². The number of halogens is 3. The summed E-state index contributed by atoms with van der Waals surface area (Å²) < 4.78 is 45.8. The molecule has 2 atom stereocenters. The molecule has 2 saturated heterocycles. The molecule has 0 aliphatic carbocycles. The SMILES string of the molecule is COC[C@@]12CCN(c3ccc(C#N)c(C(F)(F)F)c3)C[C@@H]1CN(C(=O)c1cnc(C)cn1)C2. The van der Waals surface area contributed by atoms with Crippen LogP contribution in [0.2, 0.25) is 0 Å². The Kier molecular flexibility index (Phi) is 6.01. The minimum absolute atomic E-state index is 0.0125. The van der Waals surface area contributed by atoms with Gasteiger partial charge in [-0.25, -0.2) is 4.98 Å². The van der Waals surface area contributed by atoms with E-state index in [-0.39, 0.29) is 22.9 Å². The molecule has 2 aliphatic heterocycles. The number of carbonyl (C=O) groups is 1. The van der Waals surface area contributed by atoms with Gasteiger partial charge in [0.15, 0.2) is 0 Å². The zero-order chi connectivity index (χ0) is 23.8. The molecule has 2 fully saturated rings. The summed E-state index contributed by atoms with van der Waals surface area (Å²) in [7, 11) is 1.62. The molecular formula is C23H24F3N5O2. The quantitative estimate of drug-likeness (QED) is 0.698. The van der Waals surface area contributed by atoms with E-state index in [0.717, 1.165) is 6.07 Å². The van der Waals surface area contributed by atoms with Crippen molar-refractivity contribution in [3.63, 3.8) is 0 Å². The molecule has 1 aromatic heterocycles. The number of hydrogen-bond donors (Lipinski definition) is 0. The summed E-state index contributed by atoms with van der Waals surface area (Å²) in [6, 6.07) is 5.43. The van der Waals surface area contributed by atoms with Gasteiger partial charge in [0.2, 0.25) is 0 Å². The molecule has 33 heavy (non-hydrogen) atoms. The number of nitriles is 1. The normalized spacial score (nSPS) is 22.7. The summed E-state index contributed by atoms with van der Waals surface area (Å²) in [5, 5.41) is 9.06. The van der Waals surface area contributed by atoms with Crippen LogP contribution in [-0.2, 0) is 10.9 Å². The molecule has 1 amide bonds. The lowest BCUT2D eigenvalue weighted by Gasteiger charge is -2.44. The van der Waals surface area contributed by atoms with Crippen LogP contribution in [0, 0.1) is 29.6 Å². The van der Waals surface area contributed by atoms with Gasteiger partial charge >= 0.3 is 6.18 Å². The summed E-state index contributed by atoms with van der Waals surface area (Å²) in [4.78, 5) is 25.0. The summed E-state index contributed by atoms with van der Waals surface area (Å²) in [5.41, 5.74) is -0.203. The van der Waals surface area contributed by atoms with Gasteiger partial charge in [-0.15, -0.1) is 0 Å². The molecule has 2 aliphatic rings. The minimum atomic E-state index is -4.61. The molecule has 1 aromatic carbocycles. The number of benzene rings is 1. The third-order valence-corrected chi connectivity index (χ3v) is 6.65. The van der Waals surface area contributed by atoms with Crippen molar-refractivity contribution >= 4 is 11.6 Å². The molecule has 174 valence electrons. The van der Waals surface area contributed by atoms with E-state index in [1.165, 1.54) is 12.3 Å². The van der Waals surface area contributed by atoms with Crippen molar-refractivity contribution in [2.24, 2.45) is 11.3 Å². The summed E-state index contributed by atoms with van der Waals surface area (Å²) in [6.45, 7) is 4.20. The second kappa shape index (κ2) is 8.63. The maximum atomic E-state index is 13.4. The first-order chi connectivity index (χ1) is 15.7. The highest BCUT2D eigenvalue weighted by Crippen LogP contribution is 2.45. The lowest BCUT2D eigenvalue weighted by atomic mass is 9.73. The van der Waals surface area contributed by atoms with Crippen LogP contribution < -0.4 is 4.90 Å². The number of alkyl halides is 3. The Labute approximate surface area is 189 Å². The first-order valence-corrected chi connectivity index (χ1v) is 10.6.